The number of ether oxygens (including phenoxy) is 1. The highest BCUT2D eigenvalue weighted by Gasteiger charge is 2.32. The minimum absolute atomic E-state index is 0.176. The van der Waals surface area contributed by atoms with E-state index in [1.807, 2.05) is 17.5 Å². The highest BCUT2D eigenvalue weighted by Crippen LogP contribution is 2.25. The third kappa shape index (κ3) is 5.44. The molecule has 28 heavy (non-hydrogen) atoms. The van der Waals surface area contributed by atoms with Crippen molar-refractivity contribution in [1.82, 2.24) is 9.88 Å². The highest BCUT2D eigenvalue weighted by molar-refractivity contribution is 7.13. The quantitative estimate of drug-likeness (QED) is 0.817. The minimum atomic E-state index is -4.55. The average molecular weight is 413 g/mol. The fourth-order valence-corrected chi connectivity index (χ4v) is 3.51. The second kappa shape index (κ2) is 8.59. The van der Waals surface area contributed by atoms with Crippen molar-refractivity contribution in [1.29, 1.82) is 0 Å². The van der Waals surface area contributed by atoms with Crippen LogP contribution in [0.3, 0.4) is 0 Å². The van der Waals surface area contributed by atoms with E-state index in [0.29, 0.717) is 18.5 Å². The van der Waals surface area contributed by atoms with Gasteiger partial charge in [0.1, 0.15) is 5.01 Å². The molecule has 1 saturated heterocycles. The Morgan fingerprint density at radius 3 is 2.46 bits per heavy atom. The van der Waals surface area contributed by atoms with Crippen LogP contribution in [0.1, 0.15) is 12.8 Å². The molecular formula is C18H18F3N3O3S. The second-order valence-electron chi connectivity index (χ2n) is 6.33. The maximum absolute atomic E-state index is 12.4. The molecule has 0 aliphatic carbocycles. The second-order valence-corrected chi connectivity index (χ2v) is 7.23. The smallest absolute Gasteiger partial charge is 0.422 e. The van der Waals surface area contributed by atoms with E-state index in [9.17, 15) is 22.8 Å². The number of nitrogens with one attached hydrogen (secondary N) is 1. The summed E-state index contributed by atoms with van der Waals surface area (Å²) in [6, 6.07) is 7.32. The molecule has 1 aromatic heterocycles. The third-order valence-electron chi connectivity index (χ3n) is 4.31. The molecule has 0 spiro atoms. The number of halogens is 3. The zero-order valence-electron chi connectivity index (χ0n) is 14.7. The topological polar surface area (TPSA) is 71.5 Å². The Hall–Kier alpha value is -2.62. The van der Waals surface area contributed by atoms with Gasteiger partial charge in [0.05, 0.1) is 0 Å². The van der Waals surface area contributed by atoms with Gasteiger partial charge in [-0.15, -0.1) is 11.3 Å². The number of alkyl halides is 3. The van der Waals surface area contributed by atoms with E-state index in [1.165, 1.54) is 16.2 Å². The number of carbonyl (C=O) groups excluding carboxylic acids is 2. The number of anilines is 1. The number of rotatable bonds is 4. The Bertz CT molecular complexity index is 802. The highest BCUT2D eigenvalue weighted by atomic mass is 32.1. The Balaban J connectivity index is 1.47. The van der Waals surface area contributed by atoms with Crippen molar-refractivity contribution in [2.45, 2.75) is 19.0 Å². The number of benzene rings is 1. The zero-order chi connectivity index (χ0) is 20.1. The fourth-order valence-electron chi connectivity index (χ4n) is 2.87. The molecule has 0 saturated carbocycles. The summed E-state index contributed by atoms with van der Waals surface area (Å²) in [5.74, 6) is -0.490. The van der Waals surface area contributed by atoms with Gasteiger partial charge in [-0.25, -0.2) is 9.78 Å². The van der Waals surface area contributed by atoms with Crippen LogP contribution in [0.2, 0.25) is 0 Å². The normalized spacial score (nSPS) is 15.3. The molecule has 150 valence electrons. The predicted octanol–water partition coefficient (Wildman–Crippen LogP) is 4.16. The van der Waals surface area contributed by atoms with Crippen LogP contribution in [-0.2, 0) is 9.53 Å². The maximum atomic E-state index is 12.4. The summed E-state index contributed by atoms with van der Waals surface area (Å²) >= 11 is 1.52. The first-order valence-electron chi connectivity index (χ1n) is 8.61. The largest absolute Gasteiger partial charge is 0.440 e. The van der Waals surface area contributed by atoms with Gasteiger partial charge in [0.2, 0.25) is 5.91 Å². The molecule has 2 heterocycles. The number of hydrogen-bond donors (Lipinski definition) is 1. The van der Waals surface area contributed by atoms with Gasteiger partial charge in [0.25, 0.3) is 0 Å². The van der Waals surface area contributed by atoms with Gasteiger partial charge in [0, 0.05) is 41.8 Å². The molecule has 1 fully saturated rings. The predicted molar refractivity (Wildman–Crippen MR) is 97.9 cm³/mol. The van der Waals surface area contributed by atoms with Crippen LogP contribution in [0.25, 0.3) is 10.6 Å². The number of piperidine rings is 1. The molecule has 1 aromatic carbocycles. The summed E-state index contributed by atoms with van der Waals surface area (Å²) in [7, 11) is 0. The number of carbonyl (C=O) groups is 2. The standard InChI is InChI=1S/C18H18F3N3O3S/c19-18(20,21)11-27-17(26)24-8-5-12(6-9-24)15(25)23-14-3-1-13(2-4-14)16-22-7-10-28-16/h1-4,7,10,12H,5-6,8-9,11H2,(H,23,25). The van der Waals surface area contributed by atoms with E-state index >= 15 is 0 Å². The molecule has 6 nitrogen and oxygen atoms in total. The molecule has 1 N–H and O–H groups in total. The van der Waals surface area contributed by atoms with Crippen molar-refractivity contribution in [2.75, 3.05) is 25.0 Å². The van der Waals surface area contributed by atoms with Crippen molar-refractivity contribution in [3.05, 3.63) is 35.8 Å². The lowest BCUT2D eigenvalue weighted by Crippen LogP contribution is -2.42. The van der Waals surface area contributed by atoms with Crippen LogP contribution in [0, 0.1) is 5.92 Å². The van der Waals surface area contributed by atoms with Crippen LogP contribution in [0.5, 0.6) is 0 Å². The molecule has 1 aliphatic heterocycles. The van der Waals surface area contributed by atoms with Gasteiger partial charge in [-0.1, -0.05) is 0 Å². The fraction of sp³-hybridized carbons (Fsp3) is 0.389. The van der Waals surface area contributed by atoms with Crippen LogP contribution in [0.4, 0.5) is 23.7 Å². The van der Waals surface area contributed by atoms with Gasteiger partial charge in [-0.05, 0) is 37.1 Å². The molecule has 2 aromatic rings. The number of amides is 2. The summed E-state index contributed by atoms with van der Waals surface area (Å²) in [5.41, 5.74) is 1.61. The first-order chi connectivity index (χ1) is 13.3. The first-order valence-corrected chi connectivity index (χ1v) is 9.49. The van der Waals surface area contributed by atoms with Crippen molar-refractivity contribution < 1.29 is 27.5 Å². The Labute approximate surface area is 163 Å². The molecule has 3 rings (SSSR count). The van der Waals surface area contributed by atoms with Crippen molar-refractivity contribution >= 4 is 29.0 Å². The lowest BCUT2D eigenvalue weighted by Gasteiger charge is -2.30. The van der Waals surface area contributed by atoms with Crippen molar-refractivity contribution in [3.8, 4) is 10.6 Å². The van der Waals surface area contributed by atoms with E-state index in [4.69, 9.17) is 0 Å². The summed E-state index contributed by atoms with van der Waals surface area (Å²) in [6.45, 7) is -1.25. The molecule has 10 heteroatoms. The Morgan fingerprint density at radius 2 is 1.89 bits per heavy atom. The summed E-state index contributed by atoms with van der Waals surface area (Å²) in [6.07, 6.45) is -3.10. The molecule has 1 aliphatic rings. The van der Waals surface area contributed by atoms with Crippen molar-refractivity contribution in [3.63, 3.8) is 0 Å². The number of aromatic nitrogens is 1. The van der Waals surface area contributed by atoms with Crippen LogP contribution >= 0.6 is 11.3 Å². The van der Waals surface area contributed by atoms with E-state index in [2.05, 4.69) is 15.0 Å². The molecular weight excluding hydrogens is 395 g/mol. The third-order valence-corrected chi connectivity index (χ3v) is 5.14. The summed E-state index contributed by atoms with van der Waals surface area (Å²) < 4.78 is 40.6. The number of hydrogen-bond acceptors (Lipinski definition) is 5. The Morgan fingerprint density at radius 1 is 1.21 bits per heavy atom. The number of thiazole rings is 1. The van der Waals surface area contributed by atoms with E-state index in [1.54, 1.807) is 18.3 Å². The molecule has 2 amide bonds. The summed E-state index contributed by atoms with van der Waals surface area (Å²) in [4.78, 5) is 29.5. The zero-order valence-corrected chi connectivity index (χ0v) is 15.6. The Kier molecular flexibility index (Phi) is 6.18. The molecule has 0 bridgehead atoms. The minimum Gasteiger partial charge on any atom is -0.440 e. The van der Waals surface area contributed by atoms with Gasteiger partial charge in [-0.3, -0.25) is 4.79 Å². The maximum Gasteiger partial charge on any atom is 0.422 e. The van der Waals surface area contributed by atoms with Crippen LogP contribution in [-0.4, -0.2) is 47.8 Å². The SMILES string of the molecule is O=C(Nc1ccc(-c2nccs2)cc1)C1CCN(C(=O)OCC(F)(F)F)CC1. The van der Waals surface area contributed by atoms with Gasteiger partial charge in [-0.2, -0.15) is 13.2 Å². The van der Waals surface area contributed by atoms with Crippen LogP contribution in [0.15, 0.2) is 35.8 Å². The van der Waals surface area contributed by atoms with Crippen LogP contribution < -0.4 is 5.32 Å². The average Bonchev–Trinajstić information content (AvgIpc) is 3.21. The number of nitrogens with zero attached hydrogens (tertiary/aromatic N) is 2. The first kappa shape index (κ1) is 20.1. The molecule has 0 unspecified atom stereocenters. The molecule has 0 atom stereocenters. The van der Waals surface area contributed by atoms with Gasteiger partial charge >= 0.3 is 12.3 Å². The van der Waals surface area contributed by atoms with Gasteiger partial charge in [0.15, 0.2) is 6.61 Å². The van der Waals surface area contributed by atoms with Gasteiger partial charge < -0.3 is 15.0 Å². The van der Waals surface area contributed by atoms with Crippen molar-refractivity contribution in [2.24, 2.45) is 5.92 Å². The van der Waals surface area contributed by atoms with E-state index in [0.717, 1.165) is 10.6 Å². The summed E-state index contributed by atoms with van der Waals surface area (Å²) in [5, 5.41) is 5.61. The van der Waals surface area contributed by atoms with E-state index in [-0.39, 0.29) is 24.9 Å². The number of likely N-dealkylation sites (tertiary alicyclic amines) is 1. The lowest BCUT2D eigenvalue weighted by molar-refractivity contribution is -0.162. The van der Waals surface area contributed by atoms with E-state index < -0.39 is 18.9 Å². The lowest BCUT2D eigenvalue weighted by atomic mass is 9.96. The molecule has 0 radical (unpaired) electrons. The monoisotopic (exact) mass is 413 g/mol.